The molecule has 2 aromatic rings. The average molecular weight is 278 g/mol. The van der Waals surface area contributed by atoms with Crippen LogP contribution >= 0.6 is 11.3 Å². The first-order valence-electron chi connectivity index (χ1n) is 6.10. The molecule has 7 nitrogen and oxygen atoms in total. The van der Waals surface area contributed by atoms with Crippen molar-refractivity contribution in [3.63, 3.8) is 0 Å². The van der Waals surface area contributed by atoms with E-state index < -0.39 is 5.54 Å². The minimum Gasteiger partial charge on any atom is -0.317 e. The van der Waals surface area contributed by atoms with Crippen LogP contribution in [0.4, 0.5) is 5.13 Å². The molecule has 19 heavy (non-hydrogen) atoms. The van der Waals surface area contributed by atoms with E-state index in [0.29, 0.717) is 18.0 Å². The van der Waals surface area contributed by atoms with Crippen LogP contribution in [-0.4, -0.2) is 39.0 Å². The zero-order chi connectivity index (χ0) is 13.1. The maximum absolute atomic E-state index is 12.6. The van der Waals surface area contributed by atoms with Gasteiger partial charge >= 0.3 is 0 Å². The molecule has 1 aliphatic heterocycles. The van der Waals surface area contributed by atoms with Gasteiger partial charge in [0.2, 0.25) is 5.13 Å². The van der Waals surface area contributed by atoms with Gasteiger partial charge in [-0.25, -0.2) is 0 Å². The highest BCUT2D eigenvalue weighted by molar-refractivity contribution is 7.13. The molecule has 0 aromatic carbocycles. The largest absolute Gasteiger partial charge is 0.317 e. The van der Waals surface area contributed by atoms with E-state index in [-0.39, 0.29) is 5.91 Å². The number of nitrogens with one attached hydrogen (secondary N) is 2. The fraction of sp³-hybridized carbons (Fsp3) is 0.455. The number of hydrogen-bond acceptors (Lipinski definition) is 6. The molecule has 0 atom stereocenters. The molecule has 100 valence electrons. The molecule has 1 aliphatic rings. The van der Waals surface area contributed by atoms with Crippen molar-refractivity contribution in [3.8, 4) is 0 Å². The van der Waals surface area contributed by atoms with Crippen molar-refractivity contribution in [2.75, 3.05) is 18.4 Å². The van der Waals surface area contributed by atoms with E-state index in [1.807, 2.05) is 12.3 Å². The third-order valence-corrected chi connectivity index (χ3v) is 3.98. The van der Waals surface area contributed by atoms with E-state index >= 15 is 0 Å². The highest BCUT2D eigenvalue weighted by Crippen LogP contribution is 2.28. The van der Waals surface area contributed by atoms with E-state index in [1.165, 1.54) is 11.3 Å². The Morgan fingerprint density at radius 2 is 2.32 bits per heavy atom. The van der Waals surface area contributed by atoms with Crippen LogP contribution in [0.25, 0.3) is 0 Å². The Morgan fingerprint density at radius 3 is 2.95 bits per heavy atom. The first-order chi connectivity index (χ1) is 9.31. The monoisotopic (exact) mass is 278 g/mol. The molecule has 2 aromatic heterocycles. The number of rotatable bonds is 3. The molecule has 0 spiro atoms. The number of hydrogen-bond donors (Lipinski definition) is 2. The van der Waals surface area contributed by atoms with Crippen molar-refractivity contribution in [1.29, 1.82) is 0 Å². The summed E-state index contributed by atoms with van der Waals surface area (Å²) < 4.78 is 1.75. The minimum absolute atomic E-state index is 0.0746. The highest BCUT2D eigenvalue weighted by Gasteiger charge is 2.42. The second kappa shape index (κ2) is 5.06. The van der Waals surface area contributed by atoms with Crippen LogP contribution in [-0.2, 0) is 10.3 Å². The molecule has 3 rings (SSSR count). The molecule has 8 heteroatoms. The molecular formula is C11H14N6OS. The van der Waals surface area contributed by atoms with Gasteiger partial charge in [0.25, 0.3) is 5.91 Å². The van der Waals surface area contributed by atoms with Gasteiger partial charge in [-0.2, -0.15) is 5.10 Å². The van der Waals surface area contributed by atoms with Gasteiger partial charge in [0.05, 0.1) is 0 Å². The van der Waals surface area contributed by atoms with Crippen molar-refractivity contribution < 1.29 is 4.79 Å². The molecule has 0 unspecified atom stereocenters. The zero-order valence-electron chi connectivity index (χ0n) is 10.2. The lowest BCUT2D eigenvalue weighted by Crippen LogP contribution is -2.52. The Morgan fingerprint density at radius 1 is 1.47 bits per heavy atom. The van der Waals surface area contributed by atoms with Crippen LogP contribution in [0.1, 0.15) is 12.8 Å². The number of amides is 1. The smallest absolute Gasteiger partial charge is 0.254 e. The molecular weight excluding hydrogens is 264 g/mol. The van der Waals surface area contributed by atoms with Crippen LogP contribution in [0.3, 0.4) is 0 Å². The first kappa shape index (κ1) is 12.2. The summed E-state index contributed by atoms with van der Waals surface area (Å²) >= 11 is 1.31. The summed E-state index contributed by atoms with van der Waals surface area (Å²) in [5.74, 6) is -0.0746. The van der Waals surface area contributed by atoms with Crippen LogP contribution in [0.2, 0.25) is 0 Å². The molecule has 1 amide bonds. The number of aromatic nitrogens is 4. The van der Waals surface area contributed by atoms with Gasteiger partial charge in [0.15, 0.2) is 0 Å². The lowest BCUT2D eigenvalue weighted by Gasteiger charge is -2.36. The van der Waals surface area contributed by atoms with Gasteiger partial charge in [0.1, 0.15) is 11.0 Å². The fourth-order valence-electron chi connectivity index (χ4n) is 2.36. The highest BCUT2D eigenvalue weighted by atomic mass is 32.1. The number of anilines is 1. The molecule has 0 bridgehead atoms. The van der Waals surface area contributed by atoms with Gasteiger partial charge < -0.3 is 5.32 Å². The van der Waals surface area contributed by atoms with Crippen LogP contribution in [0, 0.1) is 0 Å². The molecule has 0 radical (unpaired) electrons. The molecule has 0 saturated carbocycles. The maximum atomic E-state index is 12.6. The number of nitrogens with zero attached hydrogens (tertiary/aromatic N) is 4. The normalized spacial score (nSPS) is 18.1. The molecule has 3 heterocycles. The van der Waals surface area contributed by atoms with Gasteiger partial charge in [-0.3, -0.25) is 14.8 Å². The van der Waals surface area contributed by atoms with Gasteiger partial charge in [0, 0.05) is 12.4 Å². The van der Waals surface area contributed by atoms with Crippen molar-refractivity contribution >= 4 is 22.4 Å². The van der Waals surface area contributed by atoms with Crippen LogP contribution < -0.4 is 10.6 Å². The topological polar surface area (TPSA) is 84.7 Å². The standard InChI is InChI=1S/C11H14N6OS/c18-9(15-10-16-13-8-19-10)11(2-5-12-6-3-11)17-7-1-4-14-17/h1,4,7-8,12H,2-3,5-6H2,(H,15,16,18). The van der Waals surface area contributed by atoms with E-state index in [9.17, 15) is 4.79 Å². The van der Waals surface area contributed by atoms with E-state index in [1.54, 1.807) is 16.4 Å². The van der Waals surface area contributed by atoms with Gasteiger partial charge in [-0.1, -0.05) is 11.3 Å². The third-order valence-electron chi connectivity index (χ3n) is 3.38. The quantitative estimate of drug-likeness (QED) is 0.851. The predicted molar refractivity (Wildman–Crippen MR) is 70.8 cm³/mol. The Balaban J connectivity index is 1.88. The number of piperidine rings is 1. The van der Waals surface area contributed by atoms with Crippen molar-refractivity contribution in [1.82, 2.24) is 25.3 Å². The lowest BCUT2D eigenvalue weighted by molar-refractivity contribution is -0.126. The summed E-state index contributed by atoms with van der Waals surface area (Å²) in [4.78, 5) is 12.6. The Kier molecular flexibility index (Phi) is 3.26. The third kappa shape index (κ3) is 2.24. The maximum Gasteiger partial charge on any atom is 0.254 e. The van der Waals surface area contributed by atoms with E-state index in [4.69, 9.17) is 0 Å². The fourth-order valence-corrected chi connectivity index (χ4v) is 2.80. The number of carbonyl (C=O) groups is 1. The molecule has 1 fully saturated rings. The second-order valence-electron chi connectivity index (χ2n) is 4.43. The lowest BCUT2D eigenvalue weighted by atomic mass is 9.87. The number of carbonyl (C=O) groups excluding carboxylic acids is 1. The average Bonchev–Trinajstić information content (AvgIpc) is 3.12. The predicted octanol–water partition coefficient (Wildman–Crippen LogP) is 0.452. The first-order valence-corrected chi connectivity index (χ1v) is 6.98. The second-order valence-corrected chi connectivity index (χ2v) is 5.26. The molecule has 2 N–H and O–H groups in total. The van der Waals surface area contributed by atoms with Crippen LogP contribution in [0.15, 0.2) is 24.0 Å². The summed E-state index contributed by atoms with van der Waals surface area (Å²) in [6.45, 7) is 1.59. The Labute approximate surface area is 114 Å². The van der Waals surface area contributed by atoms with Crippen molar-refractivity contribution in [3.05, 3.63) is 24.0 Å². The van der Waals surface area contributed by atoms with Crippen molar-refractivity contribution in [2.24, 2.45) is 0 Å². The summed E-state index contributed by atoms with van der Waals surface area (Å²) in [7, 11) is 0. The Bertz CT molecular complexity index is 532. The van der Waals surface area contributed by atoms with Gasteiger partial charge in [-0.05, 0) is 32.0 Å². The van der Waals surface area contributed by atoms with E-state index in [2.05, 4.69) is 25.9 Å². The SMILES string of the molecule is O=C(Nc1nncs1)C1(n2cccn2)CCNCC1. The minimum atomic E-state index is -0.638. The van der Waals surface area contributed by atoms with Crippen LogP contribution in [0.5, 0.6) is 0 Å². The molecule has 1 saturated heterocycles. The summed E-state index contributed by atoms with van der Waals surface area (Å²) in [5, 5.41) is 18.5. The van der Waals surface area contributed by atoms with E-state index in [0.717, 1.165) is 13.1 Å². The van der Waals surface area contributed by atoms with Gasteiger partial charge in [-0.15, -0.1) is 10.2 Å². The zero-order valence-corrected chi connectivity index (χ0v) is 11.1. The summed E-state index contributed by atoms with van der Waals surface area (Å²) in [5.41, 5.74) is 0.957. The Hall–Kier alpha value is -1.80. The summed E-state index contributed by atoms with van der Waals surface area (Å²) in [6, 6.07) is 1.84. The summed E-state index contributed by atoms with van der Waals surface area (Å²) in [6.07, 6.45) is 4.95. The molecule has 0 aliphatic carbocycles. The van der Waals surface area contributed by atoms with Crippen molar-refractivity contribution in [2.45, 2.75) is 18.4 Å².